The molecule has 0 unspecified atom stereocenters. The molecular weight excluding hydrogens is 155 g/mol. The summed E-state index contributed by atoms with van der Waals surface area (Å²) in [7, 11) is 0. The summed E-state index contributed by atoms with van der Waals surface area (Å²) >= 11 is 0. The molecule has 1 atom stereocenters. The zero-order valence-corrected chi connectivity index (χ0v) is 7.58. The van der Waals surface area contributed by atoms with Crippen molar-refractivity contribution >= 4 is 0 Å². The molecule has 0 bridgehead atoms. The minimum Gasteiger partial charge on any atom is -0.238 e. The highest BCUT2D eigenvalue weighted by atomic mass is 19.1. The van der Waals surface area contributed by atoms with Gasteiger partial charge in [-0.2, -0.15) is 0 Å². The van der Waals surface area contributed by atoms with Crippen LogP contribution in [0.5, 0.6) is 0 Å². The van der Waals surface area contributed by atoms with Crippen molar-refractivity contribution in [3.8, 4) is 0 Å². The molecule has 0 spiro atoms. The van der Waals surface area contributed by atoms with Crippen LogP contribution in [0.1, 0.15) is 32.5 Å². The molecule has 1 rings (SSSR count). The molecule has 66 valence electrons. The first-order valence-electron chi connectivity index (χ1n) is 4.08. The molecule has 1 heterocycles. The molecule has 1 aromatic rings. The molecule has 1 aromatic heterocycles. The van der Waals surface area contributed by atoms with E-state index in [1.54, 1.807) is 0 Å². The van der Waals surface area contributed by atoms with Crippen molar-refractivity contribution < 1.29 is 4.39 Å². The zero-order chi connectivity index (χ0) is 9.14. The summed E-state index contributed by atoms with van der Waals surface area (Å²) in [6.07, 6.45) is 2.42. The summed E-state index contributed by atoms with van der Waals surface area (Å²) in [5, 5.41) is 0. The van der Waals surface area contributed by atoms with Crippen LogP contribution < -0.4 is 0 Å². The van der Waals surface area contributed by atoms with Crippen molar-refractivity contribution in [3.63, 3.8) is 0 Å². The zero-order valence-electron chi connectivity index (χ0n) is 7.58. The molecule has 0 saturated heterocycles. The first-order valence-corrected chi connectivity index (χ1v) is 4.08. The second-order valence-electron chi connectivity index (χ2n) is 3.29. The van der Waals surface area contributed by atoms with Gasteiger partial charge in [0, 0.05) is 5.92 Å². The molecular formula is C9H13FN2. The van der Waals surface area contributed by atoms with Crippen LogP contribution in [0.3, 0.4) is 0 Å². The van der Waals surface area contributed by atoms with Gasteiger partial charge in [-0.1, -0.05) is 20.8 Å². The first-order chi connectivity index (χ1) is 5.61. The molecule has 0 radical (unpaired) electrons. The Morgan fingerprint density at radius 3 is 2.08 bits per heavy atom. The quantitative estimate of drug-likeness (QED) is 0.677. The Kier molecular flexibility index (Phi) is 2.74. The Hall–Kier alpha value is -0.990. The Morgan fingerprint density at radius 1 is 1.17 bits per heavy atom. The van der Waals surface area contributed by atoms with E-state index in [4.69, 9.17) is 0 Å². The van der Waals surface area contributed by atoms with Gasteiger partial charge >= 0.3 is 0 Å². The van der Waals surface area contributed by atoms with E-state index >= 15 is 0 Å². The van der Waals surface area contributed by atoms with Gasteiger partial charge < -0.3 is 0 Å². The summed E-state index contributed by atoms with van der Waals surface area (Å²) in [4.78, 5) is 7.83. The van der Waals surface area contributed by atoms with Crippen molar-refractivity contribution in [2.75, 3.05) is 0 Å². The molecule has 3 heteroatoms. The lowest BCUT2D eigenvalue weighted by atomic mass is 9.97. The van der Waals surface area contributed by atoms with Gasteiger partial charge in [-0.3, -0.25) is 0 Å². The van der Waals surface area contributed by atoms with Gasteiger partial charge in [0.2, 0.25) is 0 Å². The molecule has 0 aliphatic rings. The highest BCUT2D eigenvalue weighted by Crippen LogP contribution is 2.19. The SMILES string of the molecule is CC(C)[C@@H](C)c1ncc(F)cn1. The van der Waals surface area contributed by atoms with Crippen LogP contribution in [0.2, 0.25) is 0 Å². The maximum absolute atomic E-state index is 12.4. The van der Waals surface area contributed by atoms with Crippen LogP contribution in [0, 0.1) is 11.7 Å². The van der Waals surface area contributed by atoms with Crippen LogP contribution in [0.15, 0.2) is 12.4 Å². The normalized spacial score (nSPS) is 13.4. The Bertz CT molecular complexity index is 243. The molecule has 2 nitrogen and oxygen atoms in total. The smallest absolute Gasteiger partial charge is 0.159 e. The highest BCUT2D eigenvalue weighted by Gasteiger charge is 2.12. The fraction of sp³-hybridized carbons (Fsp3) is 0.556. The topological polar surface area (TPSA) is 25.8 Å². The molecule has 0 amide bonds. The predicted molar refractivity (Wildman–Crippen MR) is 45.2 cm³/mol. The fourth-order valence-corrected chi connectivity index (χ4v) is 0.856. The van der Waals surface area contributed by atoms with Crippen molar-refractivity contribution in [3.05, 3.63) is 24.0 Å². The Labute approximate surface area is 71.9 Å². The lowest BCUT2D eigenvalue weighted by Crippen LogP contribution is -2.06. The fourth-order valence-electron chi connectivity index (χ4n) is 0.856. The largest absolute Gasteiger partial charge is 0.238 e. The summed E-state index contributed by atoms with van der Waals surface area (Å²) < 4.78 is 12.4. The summed E-state index contributed by atoms with van der Waals surface area (Å²) in [5.74, 6) is 1.10. The summed E-state index contributed by atoms with van der Waals surface area (Å²) in [6.45, 7) is 6.23. The van der Waals surface area contributed by atoms with E-state index < -0.39 is 0 Å². The number of hydrogen-bond donors (Lipinski definition) is 0. The number of rotatable bonds is 2. The molecule has 0 saturated carbocycles. The van der Waals surface area contributed by atoms with Crippen LogP contribution in [0.25, 0.3) is 0 Å². The number of hydrogen-bond acceptors (Lipinski definition) is 2. The standard InChI is InChI=1S/C9H13FN2/c1-6(2)7(3)9-11-4-8(10)5-12-9/h4-7H,1-3H3/t7-/m1/s1. The van der Waals surface area contributed by atoms with E-state index in [2.05, 4.69) is 23.8 Å². The lowest BCUT2D eigenvalue weighted by molar-refractivity contribution is 0.503. The van der Waals surface area contributed by atoms with Crippen molar-refractivity contribution in [1.29, 1.82) is 0 Å². The van der Waals surface area contributed by atoms with E-state index in [0.717, 1.165) is 0 Å². The number of aromatic nitrogens is 2. The lowest BCUT2D eigenvalue weighted by Gasteiger charge is -2.12. The Balaban J connectivity index is 2.82. The van der Waals surface area contributed by atoms with Gasteiger partial charge in [0.25, 0.3) is 0 Å². The third-order valence-electron chi connectivity index (χ3n) is 2.05. The first kappa shape index (κ1) is 9.10. The minimum absolute atomic E-state index is 0.283. The number of nitrogens with zero attached hydrogens (tertiary/aromatic N) is 2. The van der Waals surface area contributed by atoms with Crippen LogP contribution in [0.4, 0.5) is 4.39 Å². The molecule has 0 N–H and O–H groups in total. The summed E-state index contributed by atoms with van der Waals surface area (Å²) in [5.41, 5.74) is 0. The maximum Gasteiger partial charge on any atom is 0.159 e. The summed E-state index contributed by atoms with van der Waals surface area (Å²) in [6, 6.07) is 0. The van der Waals surface area contributed by atoms with E-state index in [-0.39, 0.29) is 11.7 Å². The second-order valence-corrected chi connectivity index (χ2v) is 3.29. The molecule has 0 aliphatic heterocycles. The second kappa shape index (κ2) is 3.61. The van der Waals surface area contributed by atoms with Crippen molar-refractivity contribution in [2.45, 2.75) is 26.7 Å². The third-order valence-corrected chi connectivity index (χ3v) is 2.05. The average molecular weight is 168 g/mol. The minimum atomic E-state index is -0.380. The van der Waals surface area contributed by atoms with Crippen LogP contribution in [-0.2, 0) is 0 Å². The maximum atomic E-state index is 12.4. The van der Waals surface area contributed by atoms with Crippen molar-refractivity contribution in [2.24, 2.45) is 5.92 Å². The van der Waals surface area contributed by atoms with E-state index in [9.17, 15) is 4.39 Å². The van der Waals surface area contributed by atoms with Gasteiger partial charge in [0.1, 0.15) is 5.82 Å². The molecule has 0 aliphatic carbocycles. The average Bonchev–Trinajstić information content (AvgIpc) is 2.04. The monoisotopic (exact) mass is 168 g/mol. The molecule has 12 heavy (non-hydrogen) atoms. The van der Waals surface area contributed by atoms with Gasteiger partial charge in [0.05, 0.1) is 12.4 Å². The van der Waals surface area contributed by atoms with Crippen LogP contribution in [-0.4, -0.2) is 9.97 Å². The van der Waals surface area contributed by atoms with Crippen molar-refractivity contribution in [1.82, 2.24) is 9.97 Å². The third kappa shape index (κ3) is 2.00. The van der Waals surface area contributed by atoms with Gasteiger partial charge in [0.15, 0.2) is 5.82 Å². The predicted octanol–water partition coefficient (Wildman–Crippen LogP) is 2.38. The number of halogens is 1. The van der Waals surface area contributed by atoms with Gasteiger partial charge in [-0.15, -0.1) is 0 Å². The van der Waals surface area contributed by atoms with Gasteiger partial charge in [-0.25, -0.2) is 14.4 Å². The van der Waals surface area contributed by atoms with Crippen LogP contribution >= 0.6 is 0 Å². The van der Waals surface area contributed by atoms with Gasteiger partial charge in [-0.05, 0) is 5.92 Å². The van der Waals surface area contributed by atoms with E-state index in [0.29, 0.717) is 11.7 Å². The molecule has 0 fully saturated rings. The van der Waals surface area contributed by atoms with E-state index in [1.807, 2.05) is 6.92 Å². The molecule has 0 aromatic carbocycles. The van der Waals surface area contributed by atoms with E-state index in [1.165, 1.54) is 12.4 Å². The Morgan fingerprint density at radius 2 is 1.67 bits per heavy atom. The highest BCUT2D eigenvalue weighted by molar-refractivity contribution is 4.97.